The van der Waals surface area contributed by atoms with Gasteiger partial charge in [-0.1, -0.05) is 17.7 Å². The van der Waals surface area contributed by atoms with Crippen molar-refractivity contribution in [2.75, 3.05) is 6.54 Å². The van der Waals surface area contributed by atoms with Gasteiger partial charge in [-0.15, -0.1) is 0 Å². The number of benzene rings is 2. The lowest BCUT2D eigenvalue weighted by atomic mass is 10.0. The summed E-state index contributed by atoms with van der Waals surface area (Å²) in [6.45, 7) is 3.00. The Morgan fingerprint density at radius 1 is 1.17 bits per heavy atom. The van der Waals surface area contributed by atoms with Crippen LogP contribution in [0.2, 0.25) is 5.02 Å². The fraction of sp³-hybridized carbons (Fsp3) is 0.167. The van der Waals surface area contributed by atoms with Gasteiger partial charge in [0.15, 0.2) is 11.6 Å². The van der Waals surface area contributed by atoms with Gasteiger partial charge in [0.1, 0.15) is 5.69 Å². The molecule has 0 saturated heterocycles. The Morgan fingerprint density at radius 3 is 2.71 bits per heavy atom. The average Bonchev–Trinajstić information content (AvgIpc) is 2.83. The van der Waals surface area contributed by atoms with E-state index in [1.54, 1.807) is 12.1 Å². The van der Waals surface area contributed by atoms with Crippen LogP contribution >= 0.6 is 11.6 Å². The molecule has 1 aliphatic heterocycles. The lowest BCUT2D eigenvalue weighted by Gasteiger charge is -2.18. The Kier molecular flexibility index (Phi) is 3.35. The molecule has 3 aromatic rings. The molecule has 1 N–H and O–H groups in total. The molecule has 3 nitrogen and oxygen atoms in total. The van der Waals surface area contributed by atoms with Crippen LogP contribution in [0.1, 0.15) is 16.1 Å². The molecule has 0 bridgehead atoms. The molecule has 2 aromatic carbocycles. The van der Waals surface area contributed by atoms with E-state index in [4.69, 9.17) is 11.6 Å². The summed E-state index contributed by atoms with van der Waals surface area (Å²) in [5.74, 6) is -1.95. The van der Waals surface area contributed by atoms with Crippen LogP contribution in [0, 0.1) is 18.6 Å². The van der Waals surface area contributed by atoms with Crippen LogP contribution < -0.4 is 5.32 Å². The van der Waals surface area contributed by atoms with Crippen LogP contribution in [0.15, 0.2) is 30.3 Å². The maximum absolute atomic E-state index is 13.7. The molecule has 0 fully saturated rings. The van der Waals surface area contributed by atoms with Gasteiger partial charge in [0, 0.05) is 29.1 Å². The minimum Gasteiger partial charge on any atom is -0.349 e. The third-order valence-corrected chi connectivity index (χ3v) is 4.66. The average molecular weight is 347 g/mol. The molecule has 0 radical (unpaired) electrons. The number of aromatic nitrogens is 1. The van der Waals surface area contributed by atoms with Crippen molar-refractivity contribution in [3.63, 3.8) is 0 Å². The van der Waals surface area contributed by atoms with Crippen molar-refractivity contribution in [3.05, 3.63) is 58.2 Å². The van der Waals surface area contributed by atoms with Crippen LogP contribution in [-0.2, 0) is 6.54 Å². The number of rotatable bonds is 1. The van der Waals surface area contributed by atoms with Gasteiger partial charge in [-0.25, -0.2) is 8.78 Å². The number of nitrogens with zero attached hydrogens (tertiary/aromatic N) is 1. The summed E-state index contributed by atoms with van der Waals surface area (Å²) >= 11 is 6.24. The molecule has 122 valence electrons. The summed E-state index contributed by atoms with van der Waals surface area (Å²) in [4.78, 5) is 12.2. The van der Waals surface area contributed by atoms with Crippen molar-refractivity contribution in [2.45, 2.75) is 13.5 Å². The first-order chi connectivity index (χ1) is 11.5. The molecule has 6 heteroatoms. The molecule has 0 atom stereocenters. The van der Waals surface area contributed by atoms with E-state index in [1.165, 1.54) is 6.07 Å². The molecular weight excluding hydrogens is 334 g/mol. The minimum absolute atomic E-state index is 0.137. The number of hydrogen-bond donors (Lipinski definition) is 1. The van der Waals surface area contributed by atoms with E-state index in [-0.39, 0.29) is 5.91 Å². The largest absolute Gasteiger partial charge is 0.349 e. The zero-order valence-corrected chi connectivity index (χ0v) is 13.5. The normalized spacial score (nSPS) is 13.9. The molecular formula is C18H13ClF2N2O. The van der Waals surface area contributed by atoms with Crippen molar-refractivity contribution < 1.29 is 13.6 Å². The third kappa shape index (κ3) is 2.12. The topological polar surface area (TPSA) is 34.0 Å². The maximum Gasteiger partial charge on any atom is 0.268 e. The Morgan fingerprint density at radius 2 is 1.96 bits per heavy atom. The van der Waals surface area contributed by atoms with Crippen molar-refractivity contribution in [1.29, 1.82) is 0 Å². The minimum atomic E-state index is -0.916. The highest BCUT2D eigenvalue weighted by Gasteiger charge is 2.25. The predicted molar refractivity (Wildman–Crippen MR) is 89.4 cm³/mol. The summed E-state index contributed by atoms with van der Waals surface area (Å²) in [5.41, 5.74) is 3.43. The Bertz CT molecular complexity index is 1010. The molecule has 4 rings (SSSR count). The van der Waals surface area contributed by atoms with E-state index < -0.39 is 11.6 Å². The highest BCUT2D eigenvalue weighted by molar-refractivity contribution is 6.32. The van der Waals surface area contributed by atoms with E-state index in [1.807, 2.05) is 11.5 Å². The van der Waals surface area contributed by atoms with Gasteiger partial charge in [0.25, 0.3) is 5.91 Å². The first kappa shape index (κ1) is 15.1. The zero-order chi connectivity index (χ0) is 17.0. The van der Waals surface area contributed by atoms with Gasteiger partial charge in [-0.3, -0.25) is 4.79 Å². The standard InChI is InChI=1S/C18H13ClF2N2O/c1-9-12-7-11(19)8-13(10-2-3-14(20)15(21)6-10)17(12)23-5-4-22-18(24)16(9)23/h2-3,6-8H,4-5H2,1H3,(H,22,24). The van der Waals surface area contributed by atoms with Crippen LogP contribution in [0.5, 0.6) is 0 Å². The van der Waals surface area contributed by atoms with Crippen molar-refractivity contribution in [3.8, 4) is 11.1 Å². The maximum atomic E-state index is 13.7. The molecule has 0 saturated carbocycles. The van der Waals surface area contributed by atoms with Crippen LogP contribution in [0.4, 0.5) is 8.78 Å². The quantitative estimate of drug-likeness (QED) is 0.700. The monoisotopic (exact) mass is 346 g/mol. The summed E-state index contributed by atoms with van der Waals surface area (Å²) in [6, 6.07) is 7.28. The van der Waals surface area contributed by atoms with E-state index in [9.17, 15) is 13.6 Å². The Labute approximate surface area is 141 Å². The Hall–Kier alpha value is -2.40. The molecule has 1 aromatic heterocycles. The van der Waals surface area contributed by atoms with E-state index >= 15 is 0 Å². The first-order valence-electron chi connectivity index (χ1n) is 7.53. The molecule has 0 unspecified atom stereocenters. The number of aryl methyl sites for hydroxylation is 1. The molecule has 2 heterocycles. The molecule has 1 amide bonds. The molecule has 0 spiro atoms. The van der Waals surface area contributed by atoms with Crippen LogP contribution in [0.25, 0.3) is 22.0 Å². The number of nitrogens with one attached hydrogen (secondary N) is 1. The van der Waals surface area contributed by atoms with Gasteiger partial charge in [-0.2, -0.15) is 0 Å². The van der Waals surface area contributed by atoms with E-state index in [2.05, 4.69) is 5.32 Å². The van der Waals surface area contributed by atoms with Crippen molar-refractivity contribution in [1.82, 2.24) is 9.88 Å². The number of carbonyl (C=O) groups excluding carboxylic acids is 1. The SMILES string of the molecule is Cc1c2n(c3c(-c4ccc(F)c(F)c4)cc(Cl)cc13)CCNC2=O. The third-order valence-electron chi connectivity index (χ3n) is 4.44. The van der Waals surface area contributed by atoms with Crippen molar-refractivity contribution >= 4 is 28.4 Å². The second-order valence-corrected chi connectivity index (χ2v) is 6.30. The molecule has 0 aliphatic carbocycles. The predicted octanol–water partition coefficient (Wildman–Crippen LogP) is 4.29. The van der Waals surface area contributed by atoms with Crippen LogP contribution in [0.3, 0.4) is 0 Å². The number of halogens is 3. The van der Waals surface area contributed by atoms with Gasteiger partial charge in [-0.05, 0) is 42.3 Å². The number of amides is 1. The summed E-state index contributed by atoms with van der Waals surface area (Å²) in [5, 5.41) is 4.15. The summed E-state index contributed by atoms with van der Waals surface area (Å²) in [7, 11) is 0. The van der Waals surface area contributed by atoms with E-state index in [0.29, 0.717) is 34.9 Å². The van der Waals surface area contributed by atoms with Crippen molar-refractivity contribution in [2.24, 2.45) is 0 Å². The lowest BCUT2D eigenvalue weighted by Crippen LogP contribution is -2.35. The Balaban J connectivity index is 2.10. The highest BCUT2D eigenvalue weighted by atomic mass is 35.5. The lowest BCUT2D eigenvalue weighted by molar-refractivity contribution is 0.0928. The smallest absolute Gasteiger partial charge is 0.268 e. The van der Waals surface area contributed by atoms with Gasteiger partial charge >= 0.3 is 0 Å². The second kappa shape index (κ2) is 5.31. The molecule has 1 aliphatic rings. The van der Waals surface area contributed by atoms with Gasteiger partial charge in [0.05, 0.1) is 5.52 Å². The second-order valence-electron chi connectivity index (χ2n) is 5.86. The van der Waals surface area contributed by atoms with Crippen LogP contribution in [-0.4, -0.2) is 17.0 Å². The number of carbonyl (C=O) groups is 1. The number of fused-ring (bicyclic) bond motifs is 3. The fourth-order valence-electron chi connectivity index (χ4n) is 3.38. The zero-order valence-electron chi connectivity index (χ0n) is 12.8. The van der Waals surface area contributed by atoms with Gasteiger partial charge < -0.3 is 9.88 Å². The first-order valence-corrected chi connectivity index (χ1v) is 7.91. The highest BCUT2D eigenvalue weighted by Crippen LogP contribution is 2.37. The fourth-order valence-corrected chi connectivity index (χ4v) is 3.60. The number of hydrogen-bond acceptors (Lipinski definition) is 1. The van der Waals surface area contributed by atoms with Gasteiger partial charge in [0.2, 0.25) is 0 Å². The van der Waals surface area contributed by atoms with E-state index in [0.717, 1.165) is 28.6 Å². The summed E-state index contributed by atoms with van der Waals surface area (Å²) < 4.78 is 28.9. The summed E-state index contributed by atoms with van der Waals surface area (Å²) in [6.07, 6.45) is 0. The molecule has 24 heavy (non-hydrogen) atoms.